The molecule has 3 heterocycles. The lowest BCUT2D eigenvalue weighted by Gasteiger charge is -2.18. The second-order valence-electron chi connectivity index (χ2n) is 9.00. The molecule has 4 aromatic rings. The molecule has 1 aromatic carbocycles. The molecule has 0 saturated heterocycles. The summed E-state index contributed by atoms with van der Waals surface area (Å²) >= 11 is 0. The Morgan fingerprint density at radius 1 is 1.12 bits per heavy atom. The van der Waals surface area contributed by atoms with Crippen molar-refractivity contribution in [1.82, 2.24) is 19.5 Å². The SMILES string of the molecule is CC(C)(O)Cn1cnc2cc(-c3cc(C4CC4)cc(Nc4cc(C#N)ccn4)n3)ccc21. The van der Waals surface area contributed by atoms with Crippen molar-refractivity contribution in [2.24, 2.45) is 0 Å². The van der Waals surface area contributed by atoms with Crippen molar-refractivity contribution < 1.29 is 5.11 Å². The van der Waals surface area contributed by atoms with Crippen LogP contribution in [0, 0.1) is 11.3 Å². The van der Waals surface area contributed by atoms with Crippen LogP contribution in [-0.4, -0.2) is 30.2 Å². The summed E-state index contributed by atoms with van der Waals surface area (Å²) < 4.78 is 1.97. The second kappa shape index (κ2) is 7.74. The van der Waals surface area contributed by atoms with Gasteiger partial charge in [-0.2, -0.15) is 5.26 Å². The minimum absolute atomic E-state index is 0.473. The zero-order chi connectivity index (χ0) is 22.3. The van der Waals surface area contributed by atoms with Crippen molar-refractivity contribution in [2.45, 2.75) is 44.8 Å². The van der Waals surface area contributed by atoms with E-state index in [0.717, 1.165) is 22.3 Å². The molecule has 32 heavy (non-hydrogen) atoms. The number of nitrogens with zero attached hydrogens (tertiary/aromatic N) is 5. The van der Waals surface area contributed by atoms with Crippen LogP contribution in [0.5, 0.6) is 0 Å². The third-order valence-corrected chi connectivity index (χ3v) is 5.52. The van der Waals surface area contributed by atoms with Gasteiger partial charge in [-0.15, -0.1) is 0 Å². The Kier molecular flexibility index (Phi) is 4.87. The summed E-state index contributed by atoms with van der Waals surface area (Å²) in [6, 6.07) is 15.9. The van der Waals surface area contributed by atoms with E-state index in [2.05, 4.69) is 33.5 Å². The average molecular weight is 425 g/mol. The van der Waals surface area contributed by atoms with Crippen molar-refractivity contribution in [3.63, 3.8) is 0 Å². The van der Waals surface area contributed by atoms with E-state index in [4.69, 9.17) is 10.2 Å². The highest BCUT2D eigenvalue weighted by Gasteiger charge is 2.25. The van der Waals surface area contributed by atoms with Gasteiger partial charge in [0.1, 0.15) is 11.6 Å². The Hall–Kier alpha value is -3.76. The smallest absolute Gasteiger partial charge is 0.132 e. The number of hydrogen-bond donors (Lipinski definition) is 2. The van der Waals surface area contributed by atoms with Gasteiger partial charge in [-0.05, 0) is 74.6 Å². The molecule has 1 saturated carbocycles. The van der Waals surface area contributed by atoms with Crippen molar-refractivity contribution in [2.75, 3.05) is 5.32 Å². The molecular formula is C25H24N6O. The molecule has 1 fully saturated rings. The summed E-state index contributed by atoms with van der Waals surface area (Å²) in [7, 11) is 0. The highest BCUT2D eigenvalue weighted by atomic mass is 16.3. The van der Waals surface area contributed by atoms with Crippen LogP contribution in [0.4, 0.5) is 11.6 Å². The Bertz CT molecular complexity index is 1340. The fourth-order valence-corrected chi connectivity index (χ4v) is 3.88. The van der Waals surface area contributed by atoms with Gasteiger partial charge in [-0.25, -0.2) is 15.0 Å². The molecule has 0 atom stereocenters. The Morgan fingerprint density at radius 3 is 2.72 bits per heavy atom. The van der Waals surface area contributed by atoms with Gasteiger partial charge < -0.3 is 15.0 Å². The molecule has 7 nitrogen and oxygen atoms in total. The zero-order valence-electron chi connectivity index (χ0n) is 18.1. The number of anilines is 2. The van der Waals surface area contributed by atoms with Crippen LogP contribution in [-0.2, 0) is 6.54 Å². The number of fused-ring (bicyclic) bond motifs is 1. The first kappa shape index (κ1) is 20.2. The quantitative estimate of drug-likeness (QED) is 0.463. The van der Waals surface area contributed by atoms with E-state index in [9.17, 15) is 5.11 Å². The molecule has 5 rings (SSSR count). The molecule has 160 valence electrons. The van der Waals surface area contributed by atoms with Gasteiger partial charge in [-0.1, -0.05) is 6.07 Å². The minimum Gasteiger partial charge on any atom is -0.389 e. The number of benzene rings is 1. The average Bonchev–Trinajstić information content (AvgIpc) is 3.55. The van der Waals surface area contributed by atoms with Crippen LogP contribution in [0.3, 0.4) is 0 Å². The molecule has 2 N–H and O–H groups in total. The van der Waals surface area contributed by atoms with E-state index in [1.165, 1.54) is 18.4 Å². The van der Waals surface area contributed by atoms with Gasteiger partial charge in [0.05, 0.1) is 46.8 Å². The first-order chi connectivity index (χ1) is 15.4. The molecule has 7 heteroatoms. The summed E-state index contributed by atoms with van der Waals surface area (Å²) in [5.74, 6) is 1.86. The number of pyridine rings is 2. The molecule has 3 aromatic heterocycles. The summed E-state index contributed by atoms with van der Waals surface area (Å²) in [6.07, 6.45) is 5.75. The molecule has 0 bridgehead atoms. The maximum absolute atomic E-state index is 10.2. The van der Waals surface area contributed by atoms with Crippen molar-refractivity contribution >= 4 is 22.7 Å². The minimum atomic E-state index is -0.816. The molecular weight excluding hydrogens is 400 g/mol. The normalized spacial score (nSPS) is 13.8. The van der Waals surface area contributed by atoms with Gasteiger partial charge in [0.2, 0.25) is 0 Å². The van der Waals surface area contributed by atoms with Crippen LogP contribution in [0.25, 0.3) is 22.3 Å². The van der Waals surface area contributed by atoms with Crippen LogP contribution in [0.2, 0.25) is 0 Å². The van der Waals surface area contributed by atoms with Gasteiger partial charge in [0, 0.05) is 11.8 Å². The molecule has 0 spiro atoms. The predicted molar refractivity (Wildman–Crippen MR) is 123 cm³/mol. The maximum atomic E-state index is 10.2. The van der Waals surface area contributed by atoms with Crippen LogP contribution in [0.1, 0.15) is 43.7 Å². The van der Waals surface area contributed by atoms with Crippen LogP contribution >= 0.6 is 0 Å². The largest absolute Gasteiger partial charge is 0.389 e. The number of imidazole rings is 1. The van der Waals surface area contributed by atoms with Crippen LogP contribution in [0.15, 0.2) is 55.0 Å². The van der Waals surface area contributed by atoms with E-state index in [1.54, 1.807) is 38.5 Å². The third kappa shape index (κ3) is 4.32. The standard InChI is InChI=1S/C25H24N6O/c1-25(2,32)14-31-15-28-21-10-18(5-6-22(21)31)20-11-19(17-3-4-17)12-24(29-20)30-23-9-16(13-26)7-8-27-23/h5-12,15,17,32H,3-4,14H2,1-2H3,(H,27,29,30). The van der Waals surface area contributed by atoms with Gasteiger partial charge >= 0.3 is 0 Å². The lowest BCUT2D eigenvalue weighted by atomic mass is 10.1. The molecule has 0 unspecified atom stereocenters. The number of rotatable bonds is 6. The van der Waals surface area contributed by atoms with Crippen LogP contribution < -0.4 is 5.32 Å². The van der Waals surface area contributed by atoms with E-state index in [0.29, 0.717) is 29.7 Å². The fraction of sp³-hybridized carbons (Fsp3) is 0.280. The van der Waals surface area contributed by atoms with E-state index >= 15 is 0 Å². The van der Waals surface area contributed by atoms with Crippen molar-refractivity contribution in [1.29, 1.82) is 5.26 Å². The Morgan fingerprint density at radius 2 is 1.97 bits per heavy atom. The lowest BCUT2D eigenvalue weighted by molar-refractivity contribution is 0.0626. The topological polar surface area (TPSA) is 99.7 Å². The summed E-state index contributed by atoms with van der Waals surface area (Å²) in [4.78, 5) is 13.7. The van der Waals surface area contributed by atoms with Crippen molar-refractivity contribution in [3.8, 4) is 17.3 Å². The summed E-state index contributed by atoms with van der Waals surface area (Å²) in [5.41, 5.74) is 4.68. The molecule has 0 radical (unpaired) electrons. The second-order valence-corrected chi connectivity index (χ2v) is 9.00. The number of hydrogen-bond acceptors (Lipinski definition) is 6. The lowest BCUT2D eigenvalue weighted by Crippen LogP contribution is -2.25. The molecule has 1 aliphatic rings. The highest BCUT2D eigenvalue weighted by Crippen LogP contribution is 2.42. The first-order valence-electron chi connectivity index (χ1n) is 10.7. The van der Waals surface area contributed by atoms with Gasteiger partial charge in [0.15, 0.2) is 0 Å². The number of aliphatic hydroxyl groups is 1. The van der Waals surface area contributed by atoms with E-state index < -0.39 is 5.60 Å². The maximum Gasteiger partial charge on any atom is 0.132 e. The van der Waals surface area contributed by atoms with Gasteiger partial charge in [0.25, 0.3) is 0 Å². The molecule has 1 aliphatic carbocycles. The summed E-state index contributed by atoms with van der Waals surface area (Å²) in [5, 5.41) is 22.6. The summed E-state index contributed by atoms with van der Waals surface area (Å²) in [6.45, 7) is 4.05. The fourth-order valence-electron chi connectivity index (χ4n) is 3.88. The number of nitrogens with one attached hydrogen (secondary N) is 1. The first-order valence-corrected chi connectivity index (χ1v) is 10.7. The number of nitriles is 1. The predicted octanol–water partition coefficient (Wildman–Crippen LogP) is 4.76. The van der Waals surface area contributed by atoms with E-state index in [1.807, 2.05) is 22.8 Å². The third-order valence-electron chi connectivity index (χ3n) is 5.52. The Balaban J connectivity index is 1.51. The van der Waals surface area contributed by atoms with E-state index in [-0.39, 0.29) is 0 Å². The van der Waals surface area contributed by atoms with Gasteiger partial charge in [-0.3, -0.25) is 0 Å². The monoisotopic (exact) mass is 424 g/mol. The molecule has 0 amide bonds. The highest BCUT2D eigenvalue weighted by molar-refractivity contribution is 5.82. The number of aromatic nitrogens is 4. The molecule has 0 aliphatic heterocycles. The van der Waals surface area contributed by atoms with Crippen molar-refractivity contribution in [3.05, 3.63) is 66.1 Å². The Labute approximate surface area is 186 Å². The zero-order valence-corrected chi connectivity index (χ0v) is 18.1.